The lowest BCUT2D eigenvalue weighted by Gasteiger charge is -1.98. The highest BCUT2D eigenvalue weighted by Crippen LogP contribution is 2.29. The standard InChI is InChI=1S/C16H12FN5.H2/c1-10-2-5-16(21-20-10)22-9-11(7-19-22)14-8-18-15-6-12(17)3-4-13(14)15;/h2-9,18H,1H3;1H. The van der Waals surface area contributed by atoms with Crippen LogP contribution in [0.4, 0.5) is 4.39 Å². The molecule has 0 atom stereocenters. The van der Waals surface area contributed by atoms with Gasteiger partial charge in [0.05, 0.1) is 11.9 Å². The van der Waals surface area contributed by atoms with Crippen molar-refractivity contribution in [2.75, 3.05) is 0 Å². The second-order valence-corrected chi connectivity index (χ2v) is 5.10. The monoisotopic (exact) mass is 295 g/mol. The van der Waals surface area contributed by atoms with E-state index in [4.69, 9.17) is 0 Å². The first-order chi connectivity index (χ1) is 10.7. The van der Waals surface area contributed by atoms with E-state index in [-0.39, 0.29) is 7.24 Å². The number of H-pyrrole nitrogens is 1. The summed E-state index contributed by atoms with van der Waals surface area (Å²) in [6.45, 7) is 1.89. The summed E-state index contributed by atoms with van der Waals surface area (Å²) in [7, 11) is 0. The summed E-state index contributed by atoms with van der Waals surface area (Å²) in [5, 5.41) is 13.4. The van der Waals surface area contributed by atoms with E-state index in [0.29, 0.717) is 5.82 Å². The van der Waals surface area contributed by atoms with Crippen LogP contribution in [0.5, 0.6) is 0 Å². The van der Waals surface area contributed by atoms with E-state index in [2.05, 4.69) is 20.3 Å². The van der Waals surface area contributed by atoms with Gasteiger partial charge in [-0.1, -0.05) is 0 Å². The van der Waals surface area contributed by atoms with Gasteiger partial charge in [0.2, 0.25) is 0 Å². The Kier molecular flexibility index (Phi) is 2.75. The lowest BCUT2D eigenvalue weighted by molar-refractivity contribution is 0.629. The quantitative estimate of drug-likeness (QED) is 0.615. The summed E-state index contributed by atoms with van der Waals surface area (Å²) in [6, 6.07) is 8.45. The number of nitrogens with zero attached hydrogens (tertiary/aromatic N) is 4. The van der Waals surface area contributed by atoms with E-state index in [9.17, 15) is 4.39 Å². The van der Waals surface area contributed by atoms with Gasteiger partial charge in [0.15, 0.2) is 5.82 Å². The maximum Gasteiger partial charge on any atom is 0.175 e. The largest absolute Gasteiger partial charge is 0.360 e. The summed E-state index contributed by atoms with van der Waals surface area (Å²) >= 11 is 0. The van der Waals surface area contributed by atoms with Crippen LogP contribution in [0.2, 0.25) is 0 Å². The second-order valence-electron chi connectivity index (χ2n) is 5.10. The zero-order chi connectivity index (χ0) is 15.1. The van der Waals surface area contributed by atoms with E-state index in [1.807, 2.05) is 31.5 Å². The molecule has 110 valence electrons. The van der Waals surface area contributed by atoms with Crippen LogP contribution in [-0.2, 0) is 0 Å². The molecule has 0 bridgehead atoms. The van der Waals surface area contributed by atoms with Crippen molar-refractivity contribution in [3.05, 3.63) is 60.4 Å². The van der Waals surface area contributed by atoms with Crippen molar-refractivity contribution in [3.8, 4) is 16.9 Å². The molecule has 3 heterocycles. The summed E-state index contributed by atoms with van der Waals surface area (Å²) in [4.78, 5) is 3.08. The van der Waals surface area contributed by atoms with Crippen molar-refractivity contribution < 1.29 is 5.82 Å². The van der Waals surface area contributed by atoms with Crippen LogP contribution >= 0.6 is 0 Å². The number of rotatable bonds is 2. The first kappa shape index (κ1) is 12.7. The number of fused-ring (bicyclic) bond motifs is 1. The molecule has 5 nitrogen and oxygen atoms in total. The van der Waals surface area contributed by atoms with Crippen LogP contribution in [0, 0.1) is 12.7 Å². The van der Waals surface area contributed by atoms with Crippen LogP contribution < -0.4 is 0 Å². The van der Waals surface area contributed by atoms with Gasteiger partial charge in [-0.3, -0.25) is 0 Å². The number of aromatic amines is 1. The Hall–Kier alpha value is -3.02. The van der Waals surface area contributed by atoms with E-state index >= 15 is 0 Å². The Morgan fingerprint density at radius 1 is 1.18 bits per heavy atom. The average Bonchev–Trinajstić information content (AvgIpc) is 3.13. The van der Waals surface area contributed by atoms with Gasteiger partial charge in [-0.2, -0.15) is 10.2 Å². The minimum Gasteiger partial charge on any atom is -0.360 e. The molecular formula is C16H14FN5. The molecule has 3 aromatic heterocycles. The van der Waals surface area contributed by atoms with Gasteiger partial charge >= 0.3 is 0 Å². The van der Waals surface area contributed by atoms with Crippen LogP contribution in [0.1, 0.15) is 7.12 Å². The van der Waals surface area contributed by atoms with E-state index < -0.39 is 0 Å². The molecule has 0 aliphatic rings. The van der Waals surface area contributed by atoms with E-state index in [1.165, 1.54) is 12.1 Å². The highest BCUT2D eigenvalue weighted by atomic mass is 19.1. The third kappa shape index (κ3) is 2.05. The Labute approximate surface area is 126 Å². The number of nitrogens with one attached hydrogen (secondary N) is 1. The number of hydrogen-bond donors (Lipinski definition) is 1. The van der Waals surface area contributed by atoms with Gasteiger partial charge in [0.1, 0.15) is 5.82 Å². The van der Waals surface area contributed by atoms with Crippen LogP contribution in [0.3, 0.4) is 0 Å². The summed E-state index contributed by atoms with van der Waals surface area (Å²) in [5.74, 6) is 0.397. The summed E-state index contributed by atoms with van der Waals surface area (Å²) in [5.41, 5.74) is 3.52. The average molecular weight is 295 g/mol. The minimum absolute atomic E-state index is 0. The number of aryl methyl sites for hydroxylation is 1. The molecule has 0 saturated carbocycles. The first-order valence-corrected chi connectivity index (χ1v) is 6.83. The Balaban J connectivity index is 0.00000156. The fourth-order valence-corrected chi connectivity index (χ4v) is 2.44. The zero-order valence-corrected chi connectivity index (χ0v) is 11.8. The third-order valence-electron chi connectivity index (χ3n) is 3.56. The molecule has 4 rings (SSSR count). The molecule has 0 spiro atoms. The van der Waals surface area contributed by atoms with Gasteiger partial charge in [-0.05, 0) is 37.3 Å². The van der Waals surface area contributed by atoms with Crippen molar-refractivity contribution in [1.82, 2.24) is 25.0 Å². The van der Waals surface area contributed by atoms with Gasteiger partial charge in [0, 0.05) is 35.9 Å². The van der Waals surface area contributed by atoms with Gasteiger partial charge in [-0.15, -0.1) is 5.10 Å². The van der Waals surface area contributed by atoms with Gasteiger partial charge in [-0.25, -0.2) is 9.07 Å². The number of hydrogen-bond acceptors (Lipinski definition) is 3. The molecule has 0 aliphatic carbocycles. The predicted octanol–water partition coefficient (Wildman–Crippen LogP) is 3.50. The molecule has 1 aromatic carbocycles. The van der Waals surface area contributed by atoms with E-state index in [0.717, 1.165) is 27.7 Å². The van der Waals surface area contributed by atoms with Crippen molar-refractivity contribution >= 4 is 10.9 Å². The molecule has 0 aliphatic heterocycles. The maximum atomic E-state index is 13.3. The lowest BCUT2D eigenvalue weighted by atomic mass is 10.1. The molecule has 1 N–H and O–H groups in total. The van der Waals surface area contributed by atoms with Crippen molar-refractivity contribution in [2.24, 2.45) is 0 Å². The Bertz CT molecular complexity index is 958. The molecule has 0 fully saturated rings. The zero-order valence-electron chi connectivity index (χ0n) is 11.8. The number of halogens is 1. The molecule has 0 unspecified atom stereocenters. The molecule has 0 radical (unpaired) electrons. The van der Waals surface area contributed by atoms with Gasteiger partial charge < -0.3 is 4.98 Å². The SMILES string of the molecule is Cc1ccc(-n2cc(-c3c[nH]c4cc(F)ccc34)cn2)nn1.[HH]. The summed E-state index contributed by atoms with van der Waals surface area (Å²) in [6.07, 6.45) is 5.49. The number of aromatic nitrogens is 5. The molecular weight excluding hydrogens is 281 g/mol. The van der Waals surface area contributed by atoms with Crippen molar-refractivity contribution in [2.45, 2.75) is 6.92 Å². The van der Waals surface area contributed by atoms with E-state index in [1.54, 1.807) is 16.9 Å². The smallest absolute Gasteiger partial charge is 0.175 e. The fourth-order valence-electron chi connectivity index (χ4n) is 2.44. The molecule has 6 heteroatoms. The second kappa shape index (κ2) is 4.77. The topological polar surface area (TPSA) is 59.4 Å². The third-order valence-corrected chi connectivity index (χ3v) is 3.56. The van der Waals surface area contributed by atoms with Crippen molar-refractivity contribution in [3.63, 3.8) is 0 Å². The Morgan fingerprint density at radius 2 is 2.09 bits per heavy atom. The normalized spacial score (nSPS) is 11.2. The van der Waals surface area contributed by atoms with Crippen LogP contribution in [0.15, 0.2) is 48.9 Å². The lowest BCUT2D eigenvalue weighted by Crippen LogP contribution is -1.99. The maximum absolute atomic E-state index is 13.3. The fraction of sp³-hybridized carbons (Fsp3) is 0.0625. The van der Waals surface area contributed by atoms with Crippen LogP contribution in [-0.4, -0.2) is 25.0 Å². The van der Waals surface area contributed by atoms with Crippen LogP contribution in [0.25, 0.3) is 27.8 Å². The molecule has 4 aromatic rings. The highest BCUT2D eigenvalue weighted by molar-refractivity contribution is 5.95. The number of benzene rings is 1. The summed E-state index contributed by atoms with van der Waals surface area (Å²) < 4.78 is 14.9. The molecule has 0 saturated heterocycles. The first-order valence-electron chi connectivity index (χ1n) is 6.83. The minimum atomic E-state index is -0.258. The molecule has 22 heavy (non-hydrogen) atoms. The van der Waals surface area contributed by atoms with Gasteiger partial charge in [0.25, 0.3) is 0 Å². The predicted molar refractivity (Wildman–Crippen MR) is 83.3 cm³/mol. The highest BCUT2D eigenvalue weighted by Gasteiger charge is 2.10. The molecule has 0 amide bonds. The van der Waals surface area contributed by atoms with Crippen molar-refractivity contribution in [1.29, 1.82) is 0 Å². The Morgan fingerprint density at radius 3 is 2.91 bits per heavy atom.